The summed E-state index contributed by atoms with van der Waals surface area (Å²) in [4.78, 5) is 50.1. The Morgan fingerprint density at radius 1 is 0.246 bits per heavy atom. The average molecular weight is 1590 g/mol. The molecule has 118 heavy (non-hydrogen) atoms. The van der Waals surface area contributed by atoms with Gasteiger partial charge in [-0.25, -0.2) is 0 Å². The summed E-state index contributed by atoms with van der Waals surface area (Å²) in [6.07, 6.45) is 38.9. The van der Waals surface area contributed by atoms with E-state index in [1.165, 1.54) is 55.7 Å². The summed E-state index contributed by atoms with van der Waals surface area (Å²) in [5.41, 5.74) is 14.0. The van der Waals surface area contributed by atoms with Crippen LogP contribution in [0.3, 0.4) is 0 Å². The van der Waals surface area contributed by atoms with Crippen LogP contribution in [0.15, 0.2) is 314 Å². The molecule has 18 rings (SSSR count). The van der Waals surface area contributed by atoms with Gasteiger partial charge in [0, 0.05) is 25.7 Å². The lowest BCUT2D eigenvalue weighted by molar-refractivity contribution is -0.121. The maximum atomic E-state index is 12.6. The summed E-state index contributed by atoms with van der Waals surface area (Å²) in [6.45, 7) is 40.9. The molecule has 4 fully saturated rings. The number of benzene rings is 8. The Kier molecular flexibility index (Phi) is 49.7. The van der Waals surface area contributed by atoms with Crippen molar-refractivity contribution in [3.8, 4) is 23.0 Å². The Morgan fingerprint density at radius 2 is 0.441 bits per heavy atom. The molecule has 8 aromatic carbocycles. The summed E-state index contributed by atoms with van der Waals surface area (Å²) in [5, 5.41) is 0. The van der Waals surface area contributed by atoms with Crippen LogP contribution in [0.5, 0.6) is 23.0 Å². The van der Waals surface area contributed by atoms with E-state index in [2.05, 4.69) is 149 Å². The number of Topliss-reactive ketones (excluding diaryl/α,β-unsaturated/α-hetero) is 4. The first kappa shape index (κ1) is 102. The highest BCUT2D eigenvalue weighted by molar-refractivity contribution is 5.97. The van der Waals surface area contributed by atoms with Crippen LogP contribution in [-0.2, 0) is 40.8 Å². The maximum absolute atomic E-state index is 12.6. The Labute approximate surface area is 714 Å². The van der Waals surface area contributed by atoms with Crippen LogP contribution in [0.1, 0.15) is 258 Å². The molecule has 0 spiro atoms. The van der Waals surface area contributed by atoms with Gasteiger partial charge in [0.15, 0.2) is 23.0 Å². The standard InChI is InChI=1S/2C17H16O3.2C16H16O.4C7H8.8C2H6/c2*18-16(9-12-3-1-2-4-12)17(7-8-17)13-5-6-14-15(10-13)20-11-19-14;2*17-15(12-13-6-4-5-7-13)16(10-11-16)14-8-2-1-3-9-14;4*1-7-5-3-2-4-6-7;8*1-2/h2*1-3,5-6,10H,4,7-9,11H2;2*1-6,8-9H,7,10-12H2;4*2-6H,1H3;8*1-2H3. The monoisotopic (exact) mass is 1590 g/mol. The zero-order chi connectivity index (χ0) is 87.0. The van der Waals surface area contributed by atoms with Gasteiger partial charge in [-0.3, -0.25) is 19.2 Å². The number of rotatable bonds is 16. The minimum absolute atomic E-state index is 0.148. The van der Waals surface area contributed by atoms with Crippen molar-refractivity contribution in [1.29, 1.82) is 0 Å². The first-order valence-corrected chi connectivity index (χ1v) is 44.3. The zero-order valence-corrected chi connectivity index (χ0v) is 75.7. The van der Waals surface area contributed by atoms with Gasteiger partial charge in [0.25, 0.3) is 0 Å². The highest BCUT2D eigenvalue weighted by atomic mass is 16.7. The van der Waals surface area contributed by atoms with Crippen LogP contribution in [0, 0.1) is 27.7 Å². The lowest BCUT2D eigenvalue weighted by Crippen LogP contribution is -2.20. The van der Waals surface area contributed by atoms with Gasteiger partial charge in [-0.05, 0) is 151 Å². The van der Waals surface area contributed by atoms with E-state index in [4.69, 9.17) is 18.9 Å². The summed E-state index contributed by atoms with van der Waals surface area (Å²) < 4.78 is 21.5. The maximum Gasteiger partial charge on any atom is 0.231 e. The third-order valence-corrected chi connectivity index (χ3v) is 20.3. The Morgan fingerprint density at radius 3 is 0.619 bits per heavy atom. The zero-order valence-electron chi connectivity index (χ0n) is 75.7. The minimum atomic E-state index is -0.273. The molecule has 0 saturated heterocycles. The Balaban J connectivity index is 0.000000350. The molecular weight excluding hydrogens is 1450 g/mol. The van der Waals surface area contributed by atoms with Crippen LogP contribution < -0.4 is 18.9 Å². The molecular formula is C110H144O8. The summed E-state index contributed by atoms with van der Waals surface area (Å²) >= 11 is 0. The molecule has 0 aromatic heterocycles. The van der Waals surface area contributed by atoms with E-state index >= 15 is 0 Å². The van der Waals surface area contributed by atoms with Gasteiger partial charge >= 0.3 is 0 Å². The van der Waals surface area contributed by atoms with Crippen LogP contribution in [0.4, 0.5) is 0 Å². The molecule has 0 bridgehead atoms. The molecule has 8 nitrogen and oxygen atoms in total. The summed E-state index contributed by atoms with van der Waals surface area (Å²) in [5.74, 6) is 4.57. The minimum Gasteiger partial charge on any atom is -0.454 e. The van der Waals surface area contributed by atoms with E-state index in [9.17, 15) is 19.2 Å². The van der Waals surface area contributed by atoms with E-state index in [0.29, 0.717) is 48.8 Å². The van der Waals surface area contributed by atoms with Gasteiger partial charge in [-0.1, -0.05) is 422 Å². The predicted molar refractivity (Wildman–Crippen MR) is 503 cm³/mol. The van der Waals surface area contributed by atoms with Crippen molar-refractivity contribution in [3.05, 3.63) is 358 Å². The Hall–Kier alpha value is -10.4. The molecule has 0 atom stereocenters. The fraction of sp³-hybridized carbons (Fsp3) is 0.382. The van der Waals surface area contributed by atoms with Crippen molar-refractivity contribution >= 4 is 23.1 Å². The second-order valence-electron chi connectivity index (χ2n) is 28.0. The van der Waals surface area contributed by atoms with E-state index in [1.54, 1.807) is 0 Å². The van der Waals surface area contributed by atoms with Crippen molar-refractivity contribution in [2.24, 2.45) is 0 Å². The van der Waals surface area contributed by atoms with Crippen molar-refractivity contribution in [3.63, 3.8) is 0 Å². The lowest BCUT2D eigenvalue weighted by Gasteiger charge is -2.15. The molecule has 8 aliphatic carbocycles. The molecule has 2 heterocycles. The van der Waals surface area contributed by atoms with Gasteiger partial charge < -0.3 is 18.9 Å². The molecule has 10 aliphatic rings. The number of fused-ring (bicyclic) bond motifs is 2. The van der Waals surface area contributed by atoms with Crippen molar-refractivity contribution in [1.82, 2.24) is 0 Å². The topological polar surface area (TPSA) is 105 Å². The van der Waals surface area contributed by atoms with Crippen LogP contribution in [-0.4, -0.2) is 36.7 Å². The summed E-state index contributed by atoms with van der Waals surface area (Å²) in [7, 11) is 0. The number of hydrogen-bond acceptors (Lipinski definition) is 8. The Bertz CT molecular complexity index is 4020. The molecule has 0 unspecified atom stereocenters. The lowest BCUT2D eigenvalue weighted by atomic mass is 9.87. The van der Waals surface area contributed by atoms with Crippen LogP contribution in [0.2, 0.25) is 0 Å². The van der Waals surface area contributed by atoms with E-state index < -0.39 is 0 Å². The number of ketones is 4. The van der Waals surface area contributed by atoms with Gasteiger partial charge in [0.1, 0.15) is 23.1 Å². The second kappa shape index (κ2) is 57.6. The number of hydrogen-bond donors (Lipinski definition) is 0. The predicted octanol–water partition coefficient (Wildman–Crippen LogP) is 29.9. The average Bonchev–Trinajstić information content (AvgIpc) is 1.53. The third kappa shape index (κ3) is 32.8. The first-order chi connectivity index (χ1) is 57.8. The van der Waals surface area contributed by atoms with Gasteiger partial charge in [-0.15, -0.1) is 0 Å². The molecule has 0 amide bonds. The number of allylic oxidation sites excluding steroid dienone is 16. The number of aryl methyl sites for hydroxylation is 4. The fourth-order valence-corrected chi connectivity index (χ4v) is 13.4. The van der Waals surface area contributed by atoms with Crippen molar-refractivity contribution in [2.75, 3.05) is 13.6 Å². The molecule has 2 aliphatic heterocycles. The first-order valence-electron chi connectivity index (χ1n) is 44.3. The molecule has 4 saturated carbocycles. The van der Waals surface area contributed by atoms with Crippen LogP contribution >= 0.6 is 0 Å². The summed E-state index contributed by atoms with van der Waals surface area (Å²) in [6, 6.07) is 73.4. The van der Waals surface area contributed by atoms with E-state index in [1.807, 2.05) is 281 Å². The fourth-order valence-electron chi connectivity index (χ4n) is 13.4. The smallest absolute Gasteiger partial charge is 0.231 e. The quantitative estimate of drug-likeness (QED) is 0.0942. The SMILES string of the molecule is CC.CC.CC.CC.CC.CC.CC.CC.Cc1ccccc1.Cc1ccccc1.Cc1ccccc1.Cc1ccccc1.O=C(CC1=CC=CC1)C1(c2ccc3c(c2)OCO3)CC1.O=C(CC1=CC=CC1)C1(c2ccc3c(c2)OCO3)CC1.O=C(CC1=CC=CC1)C1(c2ccccc2)CC1.O=C(CC1=CC=CC1)C1(c2ccccc2)CC1. The molecule has 632 valence electrons. The van der Waals surface area contributed by atoms with Gasteiger partial charge in [0.2, 0.25) is 13.6 Å². The molecule has 8 aromatic rings. The van der Waals surface area contributed by atoms with Gasteiger partial charge in [0.05, 0.1) is 21.7 Å². The normalized spacial score (nSPS) is 15.4. The van der Waals surface area contributed by atoms with Crippen LogP contribution in [0.25, 0.3) is 0 Å². The van der Waals surface area contributed by atoms with Gasteiger partial charge in [-0.2, -0.15) is 0 Å². The van der Waals surface area contributed by atoms with Crippen molar-refractivity contribution < 1.29 is 38.1 Å². The highest BCUT2D eigenvalue weighted by Gasteiger charge is 2.53. The second-order valence-corrected chi connectivity index (χ2v) is 28.0. The third-order valence-electron chi connectivity index (χ3n) is 20.3. The highest BCUT2D eigenvalue weighted by Crippen LogP contribution is 2.55. The number of carbonyl (C=O) groups excluding carboxylic acids is 4. The van der Waals surface area contributed by atoms with E-state index in [0.717, 1.165) is 111 Å². The molecule has 0 radical (unpaired) electrons. The largest absolute Gasteiger partial charge is 0.454 e. The van der Waals surface area contributed by atoms with E-state index in [-0.39, 0.29) is 35.2 Å². The number of ether oxygens (including phenoxy) is 4. The van der Waals surface area contributed by atoms with Crippen molar-refractivity contribution in [2.45, 2.75) is 263 Å². The number of carbonyl (C=O) groups is 4. The molecule has 0 N–H and O–H groups in total. The molecule has 8 heteroatoms.